The first-order chi connectivity index (χ1) is 21.4. The quantitative estimate of drug-likeness (QED) is 0.0831. The fourth-order valence-corrected chi connectivity index (χ4v) is 5.81. The Morgan fingerprint density at radius 3 is 2.22 bits per heavy atom. The van der Waals surface area contributed by atoms with Gasteiger partial charge in [-0.25, -0.2) is 4.79 Å². The molecule has 2 saturated heterocycles. The number of nitrogens with one attached hydrogen (secondary N) is 2. The number of aliphatic hydroxyl groups is 6. The molecule has 1 aromatic heterocycles. The standard InChI is InChI=1S/C31H51N3O11/c1-18(2)13-11-9-7-5-3-4-6-8-10-12-14-21(36)32-23-25(39)24(38)20(44-30(23)42)17-19(35)28-26(40)27(41)29(45-28)34-16-15-22(37)33-31(34)43/h12,14-16,18-20,23-30,35,38-42H,3-11,13,17H2,1-2H3,(H,32,36)(H,33,37,43)/b14-12-/t19-,20-,23-,24+,25-,26+,27-,28-,29-,30-/m1/s1. The third kappa shape index (κ3) is 10.8. The van der Waals surface area contributed by atoms with Gasteiger partial charge in [0.05, 0.1) is 12.2 Å². The van der Waals surface area contributed by atoms with Crippen molar-refractivity contribution in [2.45, 2.75) is 146 Å². The summed E-state index contributed by atoms with van der Waals surface area (Å²) < 4.78 is 11.8. The fourth-order valence-electron chi connectivity index (χ4n) is 5.81. The highest BCUT2D eigenvalue weighted by Gasteiger charge is 2.50. The second-order valence-electron chi connectivity index (χ2n) is 12.6. The summed E-state index contributed by atoms with van der Waals surface area (Å²) >= 11 is 0. The molecule has 3 heterocycles. The number of H-pyrrole nitrogens is 1. The van der Waals surface area contributed by atoms with Gasteiger partial charge in [-0.2, -0.15) is 0 Å². The largest absolute Gasteiger partial charge is 0.390 e. The maximum atomic E-state index is 12.4. The van der Waals surface area contributed by atoms with Crippen LogP contribution >= 0.6 is 0 Å². The average Bonchev–Trinajstić information content (AvgIpc) is 3.28. The highest BCUT2D eigenvalue weighted by atomic mass is 16.6. The Morgan fingerprint density at radius 2 is 1.58 bits per heavy atom. The number of aromatic amines is 1. The molecule has 0 aliphatic carbocycles. The van der Waals surface area contributed by atoms with Crippen LogP contribution in [0, 0.1) is 5.92 Å². The number of nitrogens with zero attached hydrogens (tertiary/aromatic N) is 1. The minimum absolute atomic E-state index is 0.449. The van der Waals surface area contributed by atoms with E-state index in [1.807, 2.05) is 4.98 Å². The van der Waals surface area contributed by atoms with Gasteiger partial charge in [0.1, 0.15) is 36.6 Å². The van der Waals surface area contributed by atoms with Crippen molar-refractivity contribution in [3.63, 3.8) is 0 Å². The summed E-state index contributed by atoms with van der Waals surface area (Å²) in [4.78, 5) is 37.8. The first-order valence-corrected chi connectivity index (χ1v) is 16.1. The minimum Gasteiger partial charge on any atom is -0.390 e. The van der Waals surface area contributed by atoms with Crippen LogP contribution < -0.4 is 16.6 Å². The molecule has 3 rings (SSSR count). The van der Waals surface area contributed by atoms with E-state index in [9.17, 15) is 45.0 Å². The Hall–Kier alpha value is -2.43. The molecule has 256 valence electrons. The van der Waals surface area contributed by atoms with Crippen molar-refractivity contribution in [1.29, 1.82) is 0 Å². The van der Waals surface area contributed by atoms with Crippen LogP contribution in [0.3, 0.4) is 0 Å². The molecule has 8 N–H and O–H groups in total. The molecule has 0 unspecified atom stereocenters. The lowest BCUT2D eigenvalue weighted by atomic mass is 9.91. The number of allylic oxidation sites excluding steroid dienone is 1. The van der Waals surface area contributed by atoms with E-state index in [0.29, 0.717) is 6.42 Å². The van der Waals surface area contributed by atoms with Crippen LogP contribution in [0.15, 0.2) is 34.0 Å². The van der Waals surface area contributed by atoms with E-state index in [-0.39, 0.29) is 0 Å². The van der Waals surface area contributed by atoms with Crippen molar-refractivity contribution in [3.8, 4) is 0 Å². The zero-order valence-corrected chi connectivity index (χ0v) is 26.1. The van der Waals surface area contributed by atoms with Crippen LogP contribution in [0.25, 0.3) is 0 Å². The molecule has 45 heavy (non-hydrogen) atoms. The monoisotopic (exact) mass is 641 g/mol. The summed E-state index contributed by atoms with van der Waals surface area (Å²) in [5.41, 5.74) is -1.58. The Balaban J connectivity index is 1.39. The van der Waals surface area contributed by atoms with Crippen molar-refractivity contribution in [2.75, 3.05) is 0 Å². The molecule has 14 nitrogen and oxygen atoms in total. The number of aliphatic hydroxyl groups excluding tert-OH is 6. The van der Waals surface area contributed by atoms with Gasteiger partial charge >= 0.3 is 5.69 Å². The Morgan fingerprint density at radius 1 is 0.933 bits per heavy atom. The zero-order valence-electron chi connectivity index (χ0n) is 26.1. The van der Waals surface area contributed by atoms with E-state index in [1.54, 1.807) is 6.08 Å². The lowest BCUT2D eigenvalue weighted by Gasteiger charge is -2.41. The van der Waals surface area contributed by atoms with Crippen LogP contribution in [0.2, 0.25) is 0 Å². The van der Waals surface area contributed by atoms with Gasteiger partial charge in [-0.3, -0.25) is 19.1 Å². The summed E-state index contributed by atoms with van der Waals surface area (Å²) in [6.07, 6.45) is 0.992. The van der Waals surface area contributed by atoms with Gasteiger partial charge < -0.3 is 45.4 Å². The van der Waals surface area contributed by atoms with Gasteiger partial charge in [-0.1, -0.05) is 71.3 Å². The maximum Gasteiger partial charge on any atom is 0.330 e. The van der Waals surface area contributed by atoms with Crippen molar-refractivity contribution < 1.29 is 44.9 Å². The highest BCUT2D eigenvalue weighted by molar-refractivity contribution is 5.87. The third-order valence-electron chi connectivity index (χ3n) is 8.45. The smallest absolute Gasteiger partial charge is 0.330 e. The lowest BCUT2D eigenvalue weighted by molar-refractivity contribution is -0.255. The predicted octanol–water partition coefficient (Wildman–Crippen LogP) is -0.0562. The molecule has 0 saturated carbocycles. The van der Waals surface area contributed by atoms with E-state index in [1.165, 1.54) is 44.6 Å². The number of rotatable bonds is 17. The van der Waals surface area contributed by atoms with Gasteiger partial charge in [0.2, 0.25) is 5.91 Å². The van der Waals surface area contributed by atoms with Crippen LogP contribution in [0.1, 0.15) is 90.7 Å². The average molecular weight is 642 g/mol. The van der Waals surface area contributed by atoms with Crippen molar-refractivity contribution in [1.82, 2.24) is 14.9 Å². The van der Waals surface area contributed by atoms with E-state index in [2.05, 4.69) is 19.2 Å². The van der Waals surface area contributed by atoms with Gasteiger partial charge in [0.25, 0.3) is 5.56 Å². The van der Waals surface area contributed by atoms with Crippen molar-refractivity contribution >= 4 is 5.91 Å². The molecule has 0 spiro atoms. The number of unbranched alkanes of at least 4 members (excludes halogenated alkanes) is 8. The number of aromatic nitrogens is 2. The van der Waals surface area contributed by atoms with Crippen molar-refractivity contribution in [3.05, 3.63) is 45.3 Å². The number of hydrogen-bond donors (Lipinski definition) is 8. The Labute approximate surface area is 262 Å². The zero-order chi connectivity index (χ0) is 33.1. The minimum atomic E-state index is -1.73. The van der Waals surface area contributed by atoms with E-state index in [0.717, 1.165) is 42.0 Å². The highest BCUT2D eigenvalue weighted by Crippen LogP contribution is 2.33. The fraction of sp³-hybridized carbons (Fsp3) is 0.774. The molecule has 2 fully saturated rings. The molecule has 0 bridgehead atoms. The summed E-state index contributed by atoms with van der Waals surface area (Å²) in [6, 6.07) is -0.329. The SMILES string of the molecule is CC(C)CCCCCCCCCC/C=C\C(=O)N[C@@H]1[C@@H](O)[C@@H](O)[C@@H](C[C@@H](O)[C@H]2O[C@@H](n3ccc(=O)[nH]c3=O)[C@H](O)[C@@H]2O)O[C@H]1O. The first kappa shape index (κ1) is 37.0. The summed E-state index contributed by atoms with van der Waals surface area (Å²) in [5, 5.41) is 65.8. The second-order valence-corrected chi connectivity index (χ2v) is 12.6. The molecule has 1 amide bonds. The molecular weight excluding hydrogens is 590 g/mol. The number of amides is 1. The number of hydrogen-bond acceptors (Lipinski definition) is 11. The van der Waals surface area contributed by atoms with E-state index >= 15 is 0 Å². The number of ether oxygens (including phenoxy) is 2. The number of carbonyl (C=O) groups is 1. The van der Waals surface area contributed by atoms with E-state index in [4.69, 9.17) is 9.47 Å². The van der Waals surface area contributed by atoms with Gasteiger partial charge in [-0.15, -0.1) is 0 Å². The molecule has 2 aliphatic heterocycles. The molecule has 0 aromatic carbocycles. The van der Waals surface area contributed by atoms with Crippen LogP contribution in [0.5, 0.6) is 0 Å². The Kier molecular flexibility index (Phi) is 14.9. The first-order valence-electron chi connectivity index (χ1n) is 16.1. The molecular formula is C31H51N3O11. The molecule has 1 aromatic rings. The van der Waals surface area contributed by atoms with Crippen LogP contribution in [0.4, 0.5) is 0 Å². The van der Waals surface area contributed by atoms with Crippen LogP contribution in [-0.2, 0) is 14.3 Å². The van der Waals surface area contributed by atoms with E-state index < -0.39 is 84.9 Å². The van der Waals surface area contributed by atoms with Gasteiger partial charge in [0.15, 0.2) is 12.5 Å². The molecule has 14 heteroatoms. The molecule has 2 aliphatic rings. The Bertz CT molecular complexity index is 1190. The molecule has 10 atom stereocenters. The lowest BCUT2D eigenvalue weighted by Crippen LogP contribution is -2.64. The van der Waals surface area contributed by atoms with Crippen molar-refractivity contribution in [2.24, 2.45) is 5.92 Å². The summed E-state index contributed by atoms with van der Waals surface area (Å²) in [5.74, 6) is 0.193. The second kappa shape index (κ2) is 18.0. The summed E-state index contributed by atoms with van der Waals surface area (Å²) in [7, 11) is 0. The topological polar surface area (TPSA) is 224 Å². The normalized spacial score (nSPS) is 31.1. The maximum absolute atomic E-state index is 12.4. The van der Waals surface area contributed by atoms with Crippen LogP contribution in [-0.4, -0.2) is 101 Å². The number of carbonyl (C=O) groups excluding carboxylic acids is 1. The summed E-state index contributed by atoms with van der Waals surface area (Å²) in [6.45, 7) is 4.50. The van der Waals surface area contributed by atoms with Gasteiger partial charge in [0, 0.05) is 18.7 Å². The van der Waals surface area contributed by atoms with Gasteiger partial charge in [-0.05, 0) is 24.8 Å². The predicted molar refractivity (Wildman–Crippen MR) is 163 cm³/mol. The molecule has 0 radical (unpaired) electrons. The third-order valence-corrected chi connectivity index (χ3v) is 8.45.